The molecule has 0 bridgehead atoms. The molecule has 5 aromatic rings. The van der Waals surface area contributed by atoms with Gasteiger partial charge in [-0.05, 0) is 79.2 Å². The van der Waals surface area contributed by atoms with Crippen LogP contribution in [0.2, 0.25) is 0 Å². The Bertz CT molecular complexity index is 1830. The summed E-state index contributed by atoms with van der Waals surface area (Å²) in [6.45, 7) is 3.00. The monoisotopic (exact) mass is 551 g/mol. The highest BCUT2D eigenvalue weighted by atomic mass is 32.2. The van der Waals surface area contributed by atoms with Crippen LogP contribution in [-0.4, -0.2) is 20.7 Å². The van der Waals surface area contributed by atoms with E-state index >= 15 is 0 Å². The van der Waals surface area contributed by atoms with Crippen molar-refractivity contribution in [3.8, 4) is 0 Å². The number of nitrogens with one attached hydrogen (secondary N) is 1. The fourth-order valence-corrected chi connectivity index (χ4v) is 6.17. The molecule has 0 saturated carbocycles. The molecule has 8 heteroatoms. The molecular formula is C31H22FN3O2S2. The largest absolute Gasteiger partial charge is 0.341 e. The van der Waals surface area contributed by atoms with Gasteiger partial charge in [0.2, 0.25) is 0 Å². The molecule has 1 fully saturated rings. The van der Waals surface area contributed by atoms with Gasteiger partial charge in [0.1, 0.15) is 5.82 Å². The highest BCUT2D eigenvalue weighted by molar-refractivity contribution is 8.27. The predicted octanol–water partition coefficient (Wildman–Crippen LogP) is 7.61. The zero-order chi connectivity index (χ0) is 27.1. The molecule has 1 aromatic heterocycles. The lowest BCUT2D eigenvalue weighted by molar-refractivity contribution is -0.113. The summed E-state index contributed by atoms with van der Waals surface area (Å²) in [6, 6.07) is 26.8. The third kappa shape index (κ3) is 4.62. The van der Waals surface area contributed by atoms with E-state index < -0.39 is 0 Å². The Kier molecular flexibility index (Phi) is 6.50. The van der Waals surface area contributed by atoms with Crippen LogP contribution in [-0.2, 0) is 11.3 Å². The first kappa shape index (κ1) is 25.0. The quantitative estimate of drug-likeness (QED) is 0.180. The predicted molar refractivity (Wildman–Crippen MR) is 162 cm³/mol. The second-order valence-electron chi connectivity index (χ2n) is 9.07. The maximum absolute atomic E-state index is 13.5. The average molecular weight is 552 g/mol. The minimum atomic E-state index is -0.384. The van der Waals surface area contributed by atoms with Gasteiger partial charge in [0.15, 0.2) is 4.32 Å². The molecular weight excluding hydrogens is 529 g/mol. The lowest BCUT2D eigenvalue weighted by Gasteiger charge is -2.15. The number of aryl methyl sites for hydroxylation is 1. The van der Waals surface area contributed by atoms with E-state index in [1.165, 1.54) is 51.8 Å². The van der Waals surface area contributed by atoms with Crippen LogP contribution in [0, 0.1) is 5.82 Å². The third-order valence-corrected chi connectivity index (χ3v) is 7.97. The summed E-state index contributed by atoms with van der Waals surface area (Å²) in [7, 11) is 0. The van der Waals surface area contributed by atoms with Gasteiger partial charge in [0.05, 0.1) is 10.6 Å². The van der Waals surface area contributed by atoms with E-state index in [1.807, 2.05) is 24.3 Å². The summed E-state index contributed by atoms with van der Waals surface area (Å²) < 4.78 is 15.9. The zero-order valence-electron chi connectivity index (χ0n) is 20.9. The summed E-state index contributed by atoms with van der Waals surface area (Å²) in [5.74, 6) is -0.994. The van der Waals surface area contributed by atoms with Crippen molar-refractivity contribution in [2.45, 2.75) is 13.5 Å². The standard InChI is InChI=1S/C31H22FN3O2S2/c1-2-34-26-9-4-3-8-24(26)25-16-19(10-15-27(25)34)17-28-30(37)35(31(38)39-28)23-7-5-6-20(18-23)29(36)33-22-13-11-21(32)12-14-22/h3-18H,2H2,1H3,(H,33,36)/b28-17+. The van der Waals surface area contributed by atoms with Gasteiger partial charge < -0.3 is 9.88 Å². The Morgan fingerprint density at radius 3 is 2.51 bits per heavy atom. The molecule has 1 aliphatic heterocycles. The number of anilines is 2. The number of halogens is 1. The van der Waals surface area contributed by atoms with E-state index in [1.54, 1.807) is 24.3 Å². The lowest BCUT2D eigenvalue weighted by Crippen LogP contribution is -2.27. The van der Waals surface area contributed by atoms with Crippen molar-refractivity contribution in [1.82, 2.24) is 4.57 Å². The van der Waals surface area contributed by atoms with Crippen LogP contribution >= 0.6 is 24.0 Å². The Morgan fingerprint density at radius 1 is 0.949 bits per heavy atom. The van der Waals surface area contributed by atoms with Gasteiger partial charge in [0, 0.05) is 39.6 Å². The number of carbonyl (C=O) groups is 2. The molecule has 6 rings (SSSR count). The van der Waals surface area contributed by atoms with E-state index in [0.29, 0.717) is 26.2 Å². The molecule has 1 N–H and O–H groups in total. The van der Waals surface area contributed by atoms with Crippen molar-refractivity contribution in [3.63, 3.8) is 0 Å². The Morgan fingerprint density at radius 2 is 1.72 bits per heavy atom. The number of benzene rings is 4. The van der Waals surface area contributed by atoms with Gasteiger partial charge in [0.25, 0.3) is 11.8 Å². The first-order valence-corrected chi connectivity index (χ1v) is 13.6. The van der Waals surface area contributed by atoms with Gasteiger partial charge in [-0.2, -0.15) is 0 Å². The molecule has 192 valence electrons. The Labute approximate surface area is 233 Å². The highest BCUT2D eigenvalue weighted by Crippen LogP contribution is 2.37. The summed E-state index contributed by atoms with van der Waals surface area (Å²) in [6.07, 6.45) is 1.86. The number of aromatic nitrogens is 1. The summed E-state index contributed by atoms with van der Waals surface area (Å²) in [5, 5.41) is 5.05. The number of hydrogen-bond donors (Lipinski definition) is 1. The van der Waals surface area contributed by atoms with E-state index in [2.05, 4.69) is 41.1 Å². The highest BCUT2D eigenvalue weighted by Gasteiger charge is 2.33. The van der Waals surface area contributed by atoms with Crippen molar-refractivity contribution in [1.29, 1.82) is 0 Å². The van der Waals surface area contributed by atoms with Crippen molar-refractivity contribution >= 4 is 79.4 Å². The normalized spacial score (nSPS) is 14.6. The van der Waals surface area contributed by atoms with E-state index in [9.17, 15) is 14.0 Å². The van der Waals surface area contributed by atoms with Gasteiger partial charge in [-0.25, -0.2) is 4.39 Å². The Balaban J connectivity index is 1.28. The number of thiocarbonyl (C=S) groups is 1. The lowest BCUT2D eigenvalue weighted by atomic mass is 10.1. The van der Waals surface area contributed by atoms with Gasteiger partial charge in [-0.1, -0.05) is 54.3 Å². The second kappa shape index (κ2) is 10.1. The molecule has 0 atom stereocenters. The van der Waals surface area contributed by atoms with Crippen molar-refractivity contribution in [2.75, 3.05) is 10.2 Å². The number of thioether (sulfide) groups is 1. The molecule has 39 heavy (non-hydrogen) atoms. The number of para-hydroxylation sites is 1. The molecule has 5 nitrogen and oxygen atoms in total. The summed E-state index contributed by atoms with van der Waals surface area (Å²) in [4.78, 5) is 28.2. The average Bonchev–Trinajstić information content (AvgIpc) is 3.42. The molecule has 4 aromatic carbocycles. The topological polar surface area (TPSA) is 54.3 Å². The number of amides is 2. The summed E-state index contributed by atoms with van der Waals surface area (Å²) in [5.41, 5.74) is 4.58. The maximum atomic E-state index is 13.5. The molecule has 1 saturated heterocycles. The smallest absolute Gasteiger partial charge is 0.270 e. The Hall–Kier alpha value is -4.27. The number of hydrogen-bond acceptors (Lipinski definition) is 4. The molecule has 0 spiro atoms. The number of fused-ring (bicyclic) bond motifs is 3. The van der Waals surface area contributed by atoms with E-state index in [0.717, 1.165) is 23.0 Å². The first-order valence-electron chi connectivity index (χ1n) is 12.4. The van der Waals surface area contributed by atoms with Crippen LogP contribution in [0.15, 0.2) is 95.9 Å². The van der Waals surface area contributed by atoms with Crippen molar-refractivity contribution in [2.24, 2.45) is 0 Å². The van der Waals surface area contributed by atoms with Crippen LogP contribution in [0.25, 0.3) is 27.9 Å². The fraction of sp³-hybridized carbons (Fsp3) is 0.0645. The van der Waals surface area contributed by atoms with Crippen LogP contribution in [0.5, 0.6) is 0 Å². The van der Waals surface area contributed by atoms with Gasteiger partial charge in [-0.3, -0.25) is 14.5 Å². The molecule has 2 heterocycles. The minimum absolute atomic E-state index is 0.239. The maximum Gasteiger partial charge on any atom is 0.270 e. The summed E-state index contributed by atoms with van der Waals surface area (Å²) >= 11 is 6.80. The zero-order valence-corrected chi connectivity index (χ0v) is 22.5. The number of carbonyl (C=O) groups excluding carboxylic acids is 2. The number of nitrogens with zero attached hydrogens (tertiary/aromatic N) is 2. The van der Waals surface area contributed by atoms with Gasteiger partial charge in [-0.15, -0.1) is 0 Å². The van der Waals surface area contributed by atoms with Crippen LogP contribution in [0.3, 0.4) is 0 Å². The van der Waals surface area contributed by atoms with Crippen LogP contribution < -0.4 is 10.2 Å². The molecule has 0 unspecified atom stereocenters. The fourth-order valence-electron chi connectivity index (χ4n) is 4.87. The third-order valence-electron chi connectivity index (χ3n) is 6.67. The molecule has 0 radical (unpaired) electrons. The van der Waals surface area contributed by atoms with E-state index in [4.69, 9.17) is 12.2 Å². The first-order chi connectivity index (χ1) is 18.9. The van der Waals surface area contributed by atoms with Gasteiger partial charge >= 0.3 is 0 Å². The molecule has 2 amide bonds. The van der Waals surface area contributed by atoms with Crippen molar-refractivity contribution < 1.29 is 14.0 Å². The number of rotatable bonds is 5. The van der Waals surface area contributed by atoms with Crippen LogP contribution in [0.1, 0.15) is 22.8 Å². The van der Waals surface area contributed by atoms with Crippen molar-refractivity contribution in [3.05, 3.63) is 113 Å². The minimum Gasteiger partial charge on any atom is -0.341 e. The second-order valence-corrected chi connectivity index (χ2v) is 10.7. The molecule has 0 aliphatic carbocycles. The SMILES string of the molecule is CCn1c2ccccc2c2cc(/C=C3/SC(=S)N(c4cccc(C(=O)Nc5ccc(F)cc5)c4)C3=O)ccc21. The van der Waals surface area contributed by atoms with Crippen LogP contribution in [0.4, 0.5) is 15.8 Å². The molecule has 1 aliphatic rings. The van der Waals surface area contributed by atoms with E-state index in [-0.39, 0.29) is 17.6 Å².